The van der Waals surface area contributed by atoms with Crippen LogP contribution in [-0.4, -0.2) is 117 Å². The molecule has 2 fully saturated rings. The second-order valence-electron chi connectivity index (χ2n) is 19.6. The number of phosphoric ester groups is 1. The third-order valence-corrected chi connectivity index (χ3v) is 18.8. The molecule has 0 spiro atoms. The average molecular weight is 1170 g/mol. The van der Waals surface area contributed by atoms with Gasteiger partial charge in [-0.1, -0.05) is 54.1 Å². The smallest absolute Gasteiger partial charge is 0.478 e. The van der Waals surface area contributed by atoms with Crippen molar-refractivity contribution < 1.29 is 58.8 Å². The maximum atomic E-state index is 14.4. The molecule has 0 amide bonds. The van der Waals surface area contributed by atoms with Gasteiger partial charge in [0, 0.05) is 88.8 Å². The van der Waals surface area contributed by atoms with Crippen molar-refractivity contribution in [2.75, 3.05) is 78.0 Å². The second kappa shape index (κ2) is 24.4. The largest absolute Gasteiger partial charge is 0.501 e. The summed E-state index contributed by atoms with van der Waals surface area (Å²) in [6.07, 6.45) is 1.55. The Hall–Kier alpha value is -5.55. The molecule has 3 heterocycles. The minimum absolute atomic E-state index is 0.0415. The van der Waals surface area contributed by atoms with E-state index in [1.54, 1.807) is 24.3 Å². The fourth-order valence-corrected chi connectivity index (χ4v) is 13.6. The summed E-state index contributed by atoms with van der Waals surface area (Å²) < 4.78 is 118. The van der Waals surface area contributed by atoms with Crippen LogP contribution in [0.1, 0.15) is 55.2 Å². The molecule has 2 aliphatic rings. The summed E-state index contributed by atoms with van der Waals surface area (Å²) in [5.41, 5.74) is -0.562. The van der Waals surface area contributed by atoms with E-state index in [0.29, 0.717) is 93.2 Å². The van der Waals surface area contributed by atoms with Crippen LogP contribution in [0, 0.1) is 12.8 Å². The Balaban J connectivity index is 0.954. The molecule has 0 bridgehead atoms. The second-order valence-corrected chi connectivity index (χ2v) is 25.9. The minimum atomic E-state index is -6.08. The number of piperazine rings is 1. The van der Waals surface area contributed by atoms with Crippen LogP contribution in [0.25, 0.3) is 22.4 Å². The number of carboxylic acids is 1. The number of hydrogen-bond donors (Lipinski definition) is 5. The van der Waals surface area contributed by atoms with E-state index in [1.165, 1.54) is 23.9 Å². The summed E-state index contributed by atoms with van der Waals surface area (Å²) in [6, 6.07) is 32.8. The van der Waals surface area contributed by atoms with Crippen molar-refractivity contribution in [1.29, 1.82) is 0 Å². The van der Waals surface area contributed by atoms with E-state index in [2.05, 4.69) is 29.3 Å². The lowest BCUT2D eigenvalue weighted by molar-refractivity contribution is -0.0436. The number of aromatic nitrogens is 1. The van der Waals surface area contributed by atoms with Crippen LogP contribution in [-0.2, 0) is 28.9 Å². The Bertz CT molecular complexity index is 3350. The number of thioether (sulfide) groups is 1. The number of alkyl halides is 3. The molecule has 24 heteroatoms. The molecule has 0 saturated carbocycles. The number of sulfonamides is 1. The lowest BCUT2D eigenvalue weighted by Gasteiger charge is -2.37. The van der Waals surface area contributed by atoms with Crippen molar-refractivity contribution in [1.82, 2.24) is 9.47 Å². The van der Waals surface area contributed by atoms with Crippen molar-refractivity contribution in [2.45, 2.75) is 72.3 Å². The highest BCUT2D eigenvalue weighted by atomic mass is 35.5. The minimum Gasteiger partial charge on any atom is -0.478 e. The quantitative estimate of drug-likeness (QED) is 0.0335. The van der Waals surface area contributed by atoms with Gasteiger partial charge in [0.2, 0.25) is 0 Å². The lowest BCUT2D eigenvalue weighted by atomic mass is 9.96. The first kappa shape index (κ1) is 58.6. The van der Waals surface area contributed by atoms with Gasteiger partial charge in [-0.25, -0.2) is 26.2 Å². The van der Waals surface area contributed by atoms with Gasteiger partial charge in [0.1, 0.15) is 4.90 Å². The number of benzene rings is 5. The van der Waals surface area contributed by atoms with Gasteiger partial charge in [-0.2, -0.15) is 13.2 Å². The number of phosphoric acid groups is 1. The number of nitrogens with one attached hydrogen (secondary N) is 2. The molecule has 0 aliphatic carbocycles. The Morgan fingerprint density at radius 3 is 2.06 bits per heavy atom. The molecule has 2 aliphatic heterocycles. The van der Waals surface area contributed by atoms with Gasteiger partial charge in [-0.3, -0.25) is 9.25 Å². The predicted octanol–water partition coefficient (Wildman–Crippen LogP) is 11.3. The number of aromatic carboxylic acids is 1. The molecule has 6 aromatic rings. The van der Waals surface area contributed by atoms with E-state index in [4.69, 9.17) is 21.4 Å². The number of likely N-dealkylation sites (tertiary alicyclic amines) is 1. The van der Waals surface area contributed by atoms with Crippen LogP contribution in [0.15, 0.2) is 136 Å². The zero-order chi connectivity index (χ0) is 56.2. The van der Waals surface area contributed by atoms with E-state index in [9.17, 15) is 44.5 Å². The van der Waals surface area contributed by atoms with E-state index in [1.807, 2.05) is 92.1 Å². The number of nitrogens with zero attached hydrogens (tertiary/aromatic N) is 4. The normalized spacial score (nSPS) is 15.7. The Morgan fingerprint density at radius 1 is 0.821 bits per heavy atom. The molecular weight excluding hydrogens is 1110 g/mol. The fourth-order valence-electron chi connectivity index (χ4n) is 10.0. The number of anilines is 4. The summed E-state index contributed by atoms with van der Waals surface area (Å²) in [6.45, 7) is 9.71. The van der Waals surface area contributed by atoms with Gasteiger partial charge >= 0.3 is 19.3 Å². The number of piperidine rings is 1. The highest BCUT2D eigenvalue weighted by Gasteiger charge is 2.48. The highest BCUT2D eigenvalue weighted by Crippen LogP contribution is 2.43. The standard InChI is InChI=1S/C54H61ClF3N6O10PS3/c1-36(2)64-37(3)50(53(65)66)51(52(64)39-12-14-41(55)15-13-39)40-8-7-9-45(32-40)63-30-28-62(29-31-63)44-18-16-42(17-19-44)60-78(72,73)47-20-21-48(49(33-47)77(70,71)54(56,57)58)59-43(35-76-46-10-5-4-6-11-46)24-27-61-25-22-38(23-26-61)34-74-75(67,68)69/h4-21,32-33,36,38,43,59-60H,22-31,34-35H2,1-3H3,(H,65,66)(H2,67,68,69). The summed E-state index contributed by atoms with van der Waals surface area (Å²) in [5, 5.41) is 14.1. The van der Waals surface area contributed by atoms with Crippen LogP contribution >= 0.6 is 31.2 Å². The van der Waals surface area contributed by atoms with Gasteiger partial charge in [0.15, 0.2) is 0 Å². The first-order chi connectivity index (χ1) is 36.9. The van der Waals surface area contributed by atoms with E-state index < -0.39 is 60.7 Å². The highest BCUT2D eigenvalue weighted by molar-refractivity contribution is 7.99. The predicted molar refractivity (Wildman–Crippen MR) is 300 cm³/mol. The summed E-state index contributed by atoms with van der Waals surface area (Å²) >= 11 is 7.66. The SMILES string of the molecule is Cc1c(C(=O)O)c(-c2cccc(N3CCN(c4ccc(NS(=O)(=O)c5ccc(NC(CCN6CCC(COP(=O)(O)O)CC6)CSc6ccccc6)c(S(=O)(=O)C(F)(F)F)c5)cc4)CC3)c2)c(-c2ccc(Cl)cc2)n1C(C)C. The van der Waals surface area contributed by atoms with Gasteiger partial charge in [-0.05, 0) is 149 Å². The molecule has 5 aromatic carbocycles. The van der Waals surface area contributed by atoms with Crippen LogP contribution in [0.2, 0.25) is 5.02 Å². The monoisotopic (exact) mass is 1170 g/mol. The lowest BCUT2D eigenvalue weighted by Crippen LogP contribution is -2.46. The van der Waals surface area contributed by atoms with E-state index in [-0.39, 0.29) is 29.8 Å². The molecule has 418 valence electrons. The molecule has 1 atom stereocenters. The number of sulfone groups is 1. The maximum absolute atomic E-state index is 14.4. The number of carboxylic acid groups (broad SMARTS) is 1. The third kappa shape index (κ3) is 14.1. The zero-order valence-corrected chi connectivity index (χ0v) is 47.0. The fraction of sp³-hybridized carbons (Fsp3) is 0.352. The summed E-state index contributed by atoms with van der Waals surface area (Å²) in [5.74, 6) is -0.795. The molecule has 1 unspecified atom stereocenters. The third-order valence-electron chi connectivity index (χ3n) is 14.0. The molecule has 8 rings (SSSR count). The maximum Gasteiger partial charge on any atom is 0.501 e. The Labute approximate surface area is 461 Å². The zero-order valence-electron chi connectivity index (χ0n) is 42.9. The molecule has 78 heavy (non-hydrogen) atoms. The van der Waals surface area contributed by atoms with Gasteiger partial charge in [0.25, 0.3) is 19.9 Å². The van der Waals surface area contributed by atoms with Gasteiger partial charge in [-0.15, -0.1) is 11.8 Å². The van der Waals surface area contributed by atoms with Crippen LogP contribution < -0.4 is 19.8 Å². The first-order valence-electron chi connectivity index (χ1n) is 25.2. The van der Waals surface area contributed by atoms with E-state index in [0.717, 1.165) is 45.2 Å². The summed E-state index contributed by atoms with van der Waals surface area (Å²) in [7, 11) is -15.3. The Morgan fingerprint density at radius 2 is 1.46 bits per heavy atom. The van der Waals surface area contributed by atoms with Gasteiger partial charge < -0.3 is 39.5 Å². The average Bonchev–Trinajstić information content (AvgIpc) is 3.72. The van der Waals surface area contributed by atoms with Crippen molar-refractivity contribution in [3.8, 4) is 22.4 Å². The molecule has 5 N–H and O–H groups in total. The van der Waals surface area contributed by atoms with E-state index >= 15 is 0 Å². The molecule has 1 aromatic heterocycles. The molecular formula is C54H61ClF3N6O10PS3. The molecule has 16 nitrogen and oxygen atoms in total. The molecule has 0 radical (unpaired) electrons. The number of carbonyl (C=O) groups is 1. The van der Waals surface area contributed by atoms with Crippen molar-refractivity contribution in [3.05, 3.63) is 138 Å². The topological polar surface area (TPSA) is 211 Å². The first-order valence-corrected chi connectivity index (χ1v) is 31.0. The van der Waals surface area contributed by atoms with Crippen molar-refractivity contribution in [2.24, 2.45) is 5.92 Å². The van der Waals surface area contributed by atoms with Gasteiger partial charge in [0.05, 0.1) is 28.4 Å². The summed E-state index contributed by atoms with van der Waals surface area (Å²) in [4.78, 5) is 36.5. The number of halogens is 4. The van der Waals surface area contributed by atoms with Crippen molar-refractivity contribution in [3.63, 3.8) is 0 Å². The van der Waals surface area contributed by atoms with Crippen LogP contribution in [0.4, 0.5) is 35.9 Å². The van der Waals surface area contributed by atoms with Crippen molar-refractivity contribution >= 4 is 79.8 Å². The van der Waals surface area contributed by atoms with Crippen LogP contribution in [0.5, 0.6) is 0 Å². The number of hydrogen-bond acceptors (Lipinski definition) is 12. The molecule has 2 saturated heterocycles. The van der Waals surface area contributed by atoms with Crippen LogP contribution in [0.3, 0.4) is 0 Å². The number of rotatable bonds is 21. The Kier molecular flexibility index (Phi) is 18.4.